The van der Waals surface area contributed by atoms with Gasteiger partial charge in [0.25, 0.3) is 0 Å². The average Bonchev–Trinajstić information content (AvgIpc) is 2.45. The number of sulfonamides is 1. The molecule has 2 rings (SSSR count). The van der Waals surface area contributed by atoms with Gasteiger partial charge >= 0.3 is 0 Å². The Morgan fingerprint density at radius 1 is 1.19 bits per heavy atom. The quantitative estimate of drug-likeness (QED) is 0.820. The topological polar surface area (TPSA) is 72.2 Å². The van der Waals surface area contributed by atoms with Gasteiger partial charge in [-0.25, -0.2) is 13.1 Å². The summed E-state index contributed by atoms with van der Waals surface area (Å²) in [7, 11) is -3.61. The smallest absolute Gasteiger partial charge is 0.240 e. The van der Waals surface area contributed by atoms with Crippen LogP contribution in [0.1, 0.15) is 11.1 Å². The molecule has 0 spiro atoms. The predicted octanol–water partition coefficient (Wildman–Crippen LogP) is 2.45. The van der Waals surface area contributed by atoms with Crippen LogP contribution in [0.5, 0.6) is 0 Å². The van der Waals surface area contributed by atoms with Crippen LogP contribution in [-0.4, -0.2) is 13.4 Å². The third kappa shape index (κ3) is 4.25. The second kappa shape index (κ2) is 6.53. The number of nitrogens with one attached hydrogen (secondary N) is 1. The van der Waals surface area contributed by atoms with Crippen LogP contribution >= 0.6 is 23.8 Å². The van der Waals surface area contributed by atoms with E-state index in [1.165, 1.54) is 12.1 Å². The van der Waals surface area contributed by atoms with Crippen molar-refractivity contribution in [3.8, 4) is 0 Å². The highest BCUT2D eigenvalue weighted by molar-refractivity contribution is 7.89. The third-order valence-corrected chi connectivity index (χ3v) is 4.65. The minimum atomic E-state index is -3.61. The van der Waals surface area contributed by atoms with Crippen LogP contribution in [0.3, 0.4) is 0 Å². The van der Waals surface area contributed by atoms with Gasteiger partial charge in [-0.15, -0.1) is 0 Å². The summed E-state index contributed by atoms with van der Waals surface area (Å²) in [6.45, 7) is 0.144. The van der Waals surface area contributed by atoms with E-state index in [2.05, 4.69) is 4.72 Å². The van der Waals surface area contributed by atoms with Crippen molar-refractivity contribution in [1.29, 1.82) is 0 Å². The van der Waals surface area contributed by atoms with Crippen LogP contribution in [0.2, 0.25) is 5.02 Å². The third-order valence-electron chi connectivity index (χ3n) is 2.78. The van der Waals surface area contributed by atoms with Crippen molar-refractivity contribution < 1.29 is 8.42 Å². The first-order chi connectivity index (χ1) is 9.88. The van der Waals surface area contributed by atoms with Gasteiger partial charge in [-0.05, 0) is 29.8 Å². The molecule has 0 bridgehead atoms. The Balaban J connectivity index is 2.15. The summed E-state index contributed by atoms with van der Waals surface area (Å²) in [5.74, 6) is 0. The van der Waals surface area contributed by atoms with Crippen LogP contribution in [-0.2, 0) is 16.6 Å². The van der Waals surface area contributed by atoms with E-state index in [4.69, 9.17) is 29.6 Å². The van der Waals surface area contributed by atoms with E-state index in [-0.39, 0.29) is 16.4 Å². The summed E-state index contributed by atoms with van der Waals surface area (Å²) in [6.07, 6.45) is 0. The molecule has 0 aromatic heterocycles. The molecule has 0 radical (unpaired) electrons. The molecule has 2 aromatic carbocycles. The van der Waals surface area contributed by atoms with E-state index in [0.29, 0.717) is 10.6 Å². The van der Waals surface area contributed by atoms with Crippen LogP contribution < -0.4 is 10.5 Å². The molecule has 0 fully saturated rings. The van der Waals surface area contributed by atoms with Gasteiger partial charge in [-0.2, -0.15) is 0 Å². The first-order valence-electron chi connectivity index (χ1n) is 6.02. The van der Waals surface area contributed by atoms with Crippen molar-refractivity contribution >= 4 is 38.8 Å². The van der Waals surface area contributed by atoms with Crippen LogP contribution in [0.25, 0.3) is 0 Å². The molecule has 0 saturated carbocycles. The Morgan fingerprint density at radius 3 is 2.57 bits per heavy atom. The number of hydrogen-bond donors (Lipinski definition) is 2. The maximum atomic E-state index is 12.2. The monoisotopic (exact) mass is 340 g/mol. The molecule has 4 nitrogen and oxygen atoms in total. The van der Waals surface area contributed by atoms with Crippen molar-refractivity contribution in [1.82, 2.24) is 4.72 Å². The number of thiocarbonyl (C=S) groups is 1. The molecule has 0 aliphatic heterocycles. The summed E-state index contributed by atoms with van der Waals surface area (Å²) < 4.78 is 26.8. The zero-order valence-electron chi connectivity index (χ0n) is 10.9. The molecule has 7 heteroatoms. The highest BCUT2D eigenvalue weighted by Gasteiger charge is 2.14. The lowest BCUT2D eigenvalue weighted by Crippen LogP contribution is -2.23. The normalized spacial score (nSPS) is 11.3. The van der Waals surface area contributed by atoms with E-state index >= 15 is 0 Å². The zero-order chi connectivity index (χ0) is 15.5. The van der Waals surface area contributed by atoms with Gasteiger partial charge in [0.15, 0.2) is 0 Å². The van der Waals surface area contributed by atoms with Crippen molar-refractivity contribution in [2.24, 2.45) is 5.73 Å². The number of hydrogen-bond acceptors (Lipinski definition) is 3. The van der Waals surface area contributed by atoms with Gasteiger partial charge in [0, 0.05) is 17.1 Å². The molecule has 0 saturated heterocycles. The minimum absolute atomic E-state index is 0.125. The lowest BCUT2D eigenvalue weighted by Gasteiger charge is -2.08. The maximum absolute atomic E-state index is 12.2. The Kier molecular flexibility index (Phi) is 4.95. The molecule has 0 heterocycles. The van der Waals surface area contributed by atoms with Crippen molar-refractivity contribution in [2.45, 2.75) is 11.4 Å². The zero-order valence-corrected chi connectivity index (χ0v) is 13.3. The molecule has 2 aromatic rings. The van der Waals surface area contributed by atoms with E-state index in [1.807, 2.05) is 0 Å². The second-order valence-corrected chi connectivity index (χ2v) is 6.99. The van der Waals surface area contributed by atoms with Crippen molar-refractivity contribution in [2.75, 3.05) is 0 Å². The molecule has 21 heavy (non-hydrogen) atoms. The Bertz CT molecular complexity index is 776. The van der Waals surface area contributed by atoms with E-state index in [9.17, 15) is 8.42 Å². The molecule has 0 aliphatic rings. The Labute approximate surface area is 134 Å². The number of nitrogens with two attached hydrogens (primary N) is 1. The molecule has 3 N–H and O–H groups in total. The van der Waals surface area contributed by atoms with E-state index in [0.717, 1.165) is 5.56 Å². The molecular weight excluding hydrogens is 328 g/mol. The molecule has 0 unspecified atom stereocenters. The summed E-state index contributed by atoms with van der Waals surface area (Å²) >= 11 is 10.7. The predicted molar refractivity (Wildman–Crippen MR) is 87.8 cm³/mol. The lowest BCUT2D eigenvalue weighted by atomic mass is 10.1. The number of halogens is 1. The SMILES string of the molecule is NC(=S)c1cccc(CNS(=O)(=O)c2cccc(Cl)c2)c1. The van der Waals surface area contributed by atoms with Gasteiger partial charge in [0.1, 0.15) is 4.99 Å². The summed E-state index contributed by atoms with van der Waals surface area (Å²) in [5.41, 5.74) is 7.02. The Hall–Kier alpha value is -1.47. The molecule has 0 amide bonds. The lowest BCUT2D eigenvalue weighted by molar-refractivity contribution is 0.581. The summed E-state index contributed by atoms with van der Waals surface area (Å²) in [5, 5.41) is 0.369. The summed E-state index contributed by atoms with van der Waals surface area (Å²) in [4.78, 5) is 0.398. The molecule has 0 aliphatic carbocycles. The van der Waals surface area contributed by atoms with Crippen LogP contribution in [0.15, 0.2) is 53.4 Å². The van der Waals surface area contributed by atoms with Gasteiger partial charge in [-0.3, -0.25) is 0 Å². The fourth-order valence-corrected chi connectivity index (χ4v) is 3.18. The molecule has 110 valence electrons. The average molecular weight is 341 g/mol. The van der Waals surface area contributed by atoms with Gasteiger partial charge in [0.2, 0.25) is 10.0 Å². The fourth-order valence-electron chi connectivity index (χ4n) is 1.73. The standard InChI is InChI=1S/C14H13ClN2O2S2/c15-12-5-2-6-13(8-12)21(18,19)17-9-10-3-1-4-11(7-10)14(16)20/h1-8,17H,9H2,(H2,16,20). The molecule has 0 atom stereocenters. The van der Waals surface area contributed by atoms with Crippen molar-refractivity contribution in [3.63, 3.8) is 0 Å². The number of benzene rings is 2. The van der Waals surface area contributed by atoms with E-state index in [1.54, 1.807) is 36.4 Å². The maximum Gasteiger partial charge on any atom is 0.240 e. The Morgan fingerprint density at radius 2 is 1.90 bits per heavy atom. The van der Waals surface area contributed by atoms with Crippen LogP contribution in [0, 0.1) is 0 Å². The number of rotatable bonds is 5. The first-order valence-corrected chi connectivity index (χ1v) is 8.29. The van der Waals surface area contributed by atoms with E-state index < -0.39 is 10.0 Å². The second-order valence-electron chi connectivity index (χ2n) is 4.35. The van der Waals surface area contributed by atoms with Gasteiger partial charge < -0.3 is 5.73 Å². The van der Waals surface area contributed by atoms with Gasteiger partial charge in [-0.1, -0.05) is 48.1 Å². The molecular formula is C14H13ClN2O2S2. The van der Waals surface area contributed by atoms with Crippen molar-refractivity contribution in [3.05, 3.63) is 64.7 Å². The fraction of sp³-hybridized carbons (Fsp3) is 0.0714. The minimum Gasteiger partial charge on any atom is -0.389 e. The first kappa shape index (κ1) is 15.9. The van der Waals surface area contributed by atoms with Crippen LogP contribution in [0.4, 0.5) is 0 Å². The highest BCUT2D eigenvalue weighted by atomic mass is 35.5. The highest BCUT2D eigenvalue weighted by Crippen LogP contribution is 2.15. The summed E-state index contributed by atoms with van der Waals surface area (Å²) in [6, 6.07) is 13.2. The van der Waals surface area contributed by atoms with Gasteiger partial charge in [0.05, 0.1) is 4.90 Å². The largest absolute Gasteiger partial charge is 0.389 e.